The average molecular weight is 616 g/mol. The standard InChI is InChI=1S/C33H40ClF2N3O4/c1-20-17-37(30(33(41)42)15-22-6-5-21-3-2-4-25(21)31(22)36)11-12-39(20)32(40)28-19-38(24-9-13-43-14-10-24)18-27(28)26-8-7-23(34)16-29(26)35/h5-8,16,20,24,27-28,30H,2-4,9-15,17-19H2,1H3,(H,41,42)/t20-,27-,28+,30-/m0/s1. The molecule has 3 aliphatic heterocycles. The van der Waals surface area contributed by atoms with Crippen molar-refractivity contribution in [3.63, 3.8) is 0 Å². The first-order valence-corrected chi connectivity index (χ1v) is 15.9. The lowest BCUT2D eigenvalue weighted by molar-refractivity contribution is -0.147. The number of benzene rings is 2. The third kappa shape index (κ3) is 6.19. The molecule has 232 valence electrons. The van der Waals surface area contributed by atoms with Crippen molar-refractivity contribution in [1.29, 1.82) is 0 Å². The highest BCUT2D eigenvalue weighted by molar-refractivity contribution is 6.30. The van der Waals surface area contributed by atoms with Crippen molar-refractivity contribution in [3.05, 3.63) is 69.2 Å². The van der Waals surface area contributed by atoms with Crippen LogP contribution < -0.4 is 0 Å². The molecule has 4 aliphatic rings. The van der Waals surface area contributed by atoms with E-state index in [4.69, 9.17) is 16.3 Å². The van der Waals surface area contributed by atoms with Gasteiger partial charge in [-0.3, -0.25) is 19.4 Å². The largest absolute Gasteiger partial charge is 0.480 e. The summed E-state index contributed by atoms with van der Waals surface area (Å²) in [7, 11) is 0. The number of rotatable bonds is 7. The molecule has 1 aliphatic carbocycles. The number of fused-ring (bicyclic) bond motifs is 1. The molecule has 0 unspecified atom stereocenters. The van der Waals surface area contributed by atoms with Crippen LogP contribution in [0.15, 0.2) is 30.3 Å². The number of amides is 1. The van der Waals surface area contributed by atoms with E-state index in [-0.39, 0.29) is 36.1 Å². The van der Waals surface area contributed by atoms with Gasteiger partial charge in [-0.15, -0.1) is 0 Å². The van der Waals surface area contributed by atoms with Crippen molar-refractivity contribution in [1.82, 2.24) is 14.7 Å². The van der Waals surface area contributed by atoms with Crippen LogP contribution in [0.3, 0.4) is 0 Å². The SMILES string of the molecule is C[C@H]1CN([C@@H](Cc2ccc3c(c2F)CCC3)C(=O)O)CCN1C(=O)[C@@H]1CN(C2CCOCC2)C[C@H]1c1ccc(Cl)cc1F. The van der Waals surface area contributed by atoms with Crippen LogP contribution in [0.4, 0.5) is 8.78 Å². The first kappa shape index (κ1) is 30.4. The number of ether oxygens (including phenoxy) is 1. The summed E-state index contributed by atoms with van der Waals surface area (Å²) >= 11 is 6.05. The fourth-order valence-electron chi connectivity index (χ4n) is 7.77. The van der Waals surface area contributed by atoms with E-state index in [9.17, 15) is 14.7 Å². The molecule has 4 atom stereocenters. The molecular weight excluding hydrogens is 576 g/mol. The Labute approximate surface area is 256 Å². The fourth-order valence-corrected chi connectivity index (χ4v) is 7.93. The zero-order valence-electron chi connectivity index (χ0n) is 24.6. The number of carbonyl (C=O) groups is 2. The monoisotopic (exact) mass is 615 g/mol. The Bertz CT molecular complexity index is 1370. The van der Waals surface area contributed by atoms with Crippen molar-refractivity contribution in [3.8, 4) is 0 Å². The molecule has 3 saturated heterocycles. The summed E-state index contributed by atoms with van der Waals surface area (Å²) in [4.78, 5) is 32.6. The van der Waals surface area contributed by atoms with Crippen molar-refractivity contribution < 1.29 is 28.2 Å². The number of likely N-dealkylation sites (tertiary alicyclic amines) is 1. The molecule has 7 nitrogen and oxygen atoms in total. The number of hydrogen-bond acceptors (Lipinski definition) is 5. The van der Waals surface area contributed by atoms with Gasteiger partial charge in [-0.1, -0.05) is 29.8 Å². The second kappa shape index (κ2) is 12.8. The third-order valence-corrected chi connectivity index (χ3v) is 10.3. The second-order valence-corrected chi connectivity index (χ2v) is 13.1. The average Bonchev–Trinajstić information content (AvgIpc) is 3.65. The molecule has 3 fully saturated rings. The summed E-state index contributed by atoms with van der Waals surface area (Å²) in [5.41, 5.74) is 2.69. The highest BCUT2D eigenvalue weighted by Gasteiger charge is 2.45. The molecule has 3 heterocycles. The molecule has 10 heteroatoms. The van der Waals surface area contributed by atoms with Crippen molar-refractivity contribution in [2.45, 2.75) is 69.5 Å². The van der Waals surface area contributed by atoms with Crippen LogP contribution in [0.2, 0.25) is 5.02 Å². The molecular formula is C33H40ClF2N3O4. The zero-order valence-corrected chi connectivity index (χ0v) is 25.4. The number of piperazine rings is 1. The number of carboxylic acid groups (broad SMARTS) is 1. The third-order valence-electron chi connectivity index (χ3n) is 10.1. The van der Waals surface area contributed by atoms with Gasteiger partial charge in [0.15, 0.2) is 0 Å². The summed E-state index contributed by atoms with van der Waals surface area (Å²) in [5, 5.41) is 10.5. The summed E-state index contributed by atoms with van der Waals surface area (Å²) < 4.78 is 36.0. The van der Waals surface area contributed by atoms with E-state index in [1.54, 1.807) is 18.2 Å². The van der Waals surface area contributed by atoms with Gasteiger partial charge in [-0.25, -0.2) is 8.78 Å². The van der Waals surface area contributed by atoms with Crippen LogP contribution in [-0.4, -0.2) is 95.7 Å². The van der Waals surface area contributed by atoms with Gasteiger partial charge >= 0.3 is 5.97 Å². The lowest BCUT2D eigenvalue weighted by Gasteiger charge is -2.43. The summed E-state index contributed by atoms with van der Waals surface area (Å²) in [5.74, 6) is -2.43. The molecule has 6 rings (SSSR count). The van der Waals surface area contributed by atoms with E-state index in [2.05, 4.69) is 4.90 Å². The lowest BCUT2D eigenvalue weighted by Crippen LogP contribution is -2.59. The fraction of sp³-hybridized carbons (Fsp3) is 0.576. The highest BCUT2D eigenvalue weighted by Crippen LogP contribution is 2.39. The zero-order chi connectivity index (χ0) is 30.2. The Kier molecular flexibility index (Phi) is 9.06. The number of halogens is 3. The Balaban J connectivity index is 1.18. The van der Waals surface area contributed by atoms with E-state index < -0.39 is 23.7 Å². The van der Waals surface area contributed by atoms with Crippen molar-refractivity contribution in [2.75, 3.05) is 45.9 Å². The highest BCUT2D eigenvalue weighted by atomic mass is 35.5. The summed E-state index contributed by atoms with van der Waals surface area (Å²) in [6.07, 6.45) is 4.32. The summed E-state index contributed by atoms with van der Waals surface area (Å²) in [6, 6.07) is 7.51. The molecule has 2 aromatic carbocycles. The lowest BCUT2D eigenvalue weighted by atomic mass is 9.87. The maximum atomic E-state index is 15.3. The normalized spacial score (nSPS) is 26.0. The maximum absolute atomic E-state index is 15.3. The first-order valence-electron chi connectivity index (χ1n) is 15.5. The van der Waals surface area contributed by atoms with Gasteiger partial charge in [-0.05, 0) is 73.4 Å². The Morgan fingerprint density at radius 1 is 1.07 bits per heavy atom. The predicted molar refractivity (Wildman–Crippen MR) is 159 cm³/mol. The van der Waals surface area contributed by atoms with E-state index in [1.807, 2.05) is 22.8 Å². The Hall–Kier alpha value is -2.59. The minimum absolute atomic E-state index is 0.0300. The molecule has 0 saturated carbocycles. The van der Waals surface area contributed by atoms with Gasteiger partial charge in [-0.2, -0.15) is 0 Å². The molecule has 2 aromatic rings. The van der Waals surface area contributed by atoms with Crippen LogP contribution in [0, 0.1) is 17.6 Å². The smallest absolute Gasteiger partial charge is 0.321 e. The number of hydrogen-bond donors (Lipinski definition) is 1. The van der Waals surface area contributed by atoms with E-state index in [1.165, 1.54) is 6.07 Å². The van der Waals surface area contributed by atoms with E-state index >= 15 is 8.78 Å². The Morgan fingerprint density at radius 2 is 1.86 bits per heavy atom. The topological polar surface area (TPSA) is 73.3 Å². The molecule has 43 heavy (non-hydrogen) atoms. The molecule has 0 aromatic heterocycles. The number of aryl methyl sites for hydroxylation is 1. The minimum Gasteiger partial charge on any atom is -0.480 e. The molecule has 1 N–H and O–H groups in total. The van der Waals surface area contributed by atoms with Crippen molar-refractivity contribution >= 4 is 23.5 Å². The summed E-state index contributed by atoms with van der Waals surface area (Å²) in [6.45, 7) is 5.52. The predicted octanol–water partition coefficient (Wildman–Crippen LogP) is 4.53. The van der Waals surface area contributed by atoms with Crippen LogP contribution in [0.1, 0.15) is 54.4 Å². The van der Waals surface area contributed by atoms with E-state index in [0.717, 1.165) is 36.8 Å². The van der Waals surface area contributed by atoms with Gasteiger partial charge in [0.05, 0.1) is 5.92 Å². The first-order chi connectivity index (χ1) is 20.7. The second-order valence-electron chi connectivity index (χ2n) is 12.6. The molecule has 0 radical (unpaired) electrons. The number of carboxylic acids is 1. The van der Waals surface area contributed by atoms with E-state index in [0.29, 0.717) is 68.5 Å². The molecule has 0 bridgehead atoms. The van der Waals surface area contributed by atoms with Gasteiger partial charge in [0.2, 0.25) is 5.91 Å². The van der Waals surface area contributed by atoms with Crippen LogP contribution in [-0.2, 0) is 33.6 Å². The maximum Gasteiger partial charge on any atom is 0.321 e. The number of nitrogens with zero attached hydrogens (tertiary/aromatic N) is 3. The molecule has 1 amide bonds. The van der Waals surface area contributed by atoms with Gasteiger partial charge in [0.1, 0.15) is 17.7 Å². The number of carbonyl (C=O) groups excluding carboxylic acids is 1. The molecule has 0 spiro atoms. The van der Waals surface area contributed by atoms with Gasteiger partial charge in [0.25, 0.3) is 0 Å². The van der Waals surface area contributed by atoms with Crippen LogP contribution >= 0.6 is 11.6 Å². The van der Waals surface area contributed by atoms with Crippen molar-refractivity contribution in [2.24, 2.45) is 5.92 Å². The van der Waals surface area contributed by atoms with Gasteiger partial charge < -0.3 is 14.7 Å². The minimum atomic E-state index is -0.993. The number of aliphatic carboxylic acids is 1. The van der Waals surface area contributed by atoms with Crippen LogP contribution in [0.5, 0.6) is 0 Å². The van der Waals surface area contributed by atoms with Crippen LogP contribution in [0.25, 0.3) is 0 Å². The Morgan fingerprint density at radius 3 is 2.58 bits per heavy atom. The van der Waals surface area contributed by atoms with Gasteiger partial charge in [0, 0.05) is 75.4 Å². The quantitative estimate of drug-likeness (QED) is 0.494.